The standard InChI is InChI=1S/C14H20N2O2S/c1-4-16(10(2)3)13(17)9-18-12-8-6-5-7-11(12)14(15)19/h5-8,10H,4,9H2,1-3H3,(H2,15,19). The van der Waals surface area contributed by atoms with Crippen molar-refractivity contribution in [3.8, 4) is 5.75 Å². The molecule has 19 heavy (non-hydrogen) atoms. The monoisotopic (exact) mass is 280 g/mol. The fourth-order valence-electron chi connectivity index (χ4n) is 1.85. The lowest BCUT2D eigenvalue weighted by Crippen LogP contribution is -2.39. The molecule has 5 heteroatoms. The zero-order valence-electron chi connectivity index (χ0n) is 11.6. The van der Waals surface area contributed by atoms with E-state index in [4.69, 9.17) is 22.7 Å². The van der Waals surface area contributed by atoms with Crippen LogP contribution in [0.25, 0.3) is 0 Å². The minimum Gasteiger partial charge on any atom is -0.483 e. The van der Waals surface area contributed by atoms with Gasteiger partial charge in [0.25, 0.3) is 5.91 Å². The SMILES string of the molecule is CCN(C(=O)COc1ccccc1C(N)=S)C(C)C. The van der Waals surface area contributed by atoms with Crippen molar-refractivity contribution in [2.45, 2.75) is 26.8 Å². The molecule has 0 unspecified atom stereocenters. The number of thiocarbonyl (C=S) groups is 1. The maximum atomic E-state index is 12.0. The van der Waals surface area contributed by atoms with E-state index in [-0.39, 0.29) is 23.5 Å². The summed E-state index contributed by atoms with van der Waals surface area (Å²) in [5.41, 5.74) is 6.26. The highest BCUT2D eigenvalue weighted by Gasteiger charge is 2.16. The highest BCUT2D eigenvalue weighted by molar-refractivity contribution is 7.80. The molecule has 1 rings (SSSR count). The molecule has 0 saturated carbocycles. The van der Waals surface area contributed by atoms with Crippen LogP contribution in [0.5, 0.6) is 5.75 Å². The molecule has 1 aromatic rings. The zero-order valence-corrected chi connectivity index (χ0v) is 12.4. The Morgan fingerprint density at radius 2 is 2.05 bits per heavy atom. The first-order valence-corrected chi connectivity index (χ1v) is 6.69. The van der Waals surface area contributed by atoms with E-state index in [1.165, 1.54) is 0 Å². The molecule has 0 heterocycles. The van der Waals surface area contributed by atoms with Crippen molar-refractivity contribution >= 4 is 23.1 Å². The molecule has 1 aromatic carbocycles. The Morgan fingerprint density at radius 1 is 1.42 bits per heavy atom. The molecule has 0 fully saturated rings. The number of carbonyl (C=O) groups excluding carboxylic acids is 1. The van der Waals surface area contributed by atoms with Gasteiger partial charge in [0, 0.05) is 12.6 Å². The third kappa shape index (κ3) is 4.21. The average Bonchev–Trinajstić information content (AvgIpc) is 2.37. The fourth-order valence-corrected chi connectivity index (χ4v) is 2.02. The maximum absolute atomic E-state index is 12.0. The summed E-state index contributed by atoms with van der Waals surface area (Å²) in [5.74, 6) is 0.499. The van der Waals surface area contributed by atoms with Crippen LogP contribution in [0.4, 0.5) is 0 Å². The van der Waals surface area contributed by atoms with E-state index in [1.807, 2.05) is 32.9 Å². The highest BCUT2D eigenvalue weighted by atomic mass is 32.1. The molecule has 2 N–H and O–H groups in total. The van der Waals surface area contributed by atoms with E-state index in [0.29, 0.717) is 17.9 Å². The van der Waals surface area contributed by atoms with Gasteiger partial charge >= 0.3 is 0 Å². The summed E-state index contributed by atoms with van der Waals surface area (Å²) in [6.07, 6.45) is 0. The van der Waals surface area contributed by atoms with Crippen molar-refractivity contribution in [1.29, 1.82) is 0 Å². The Balaban J connectivity index is 2.72. The number of para-hydroxylation sites is 1. The summed E-state index contributed by atoms with van der Waals surface area (Å²) in [5, 5.41) is 0. The van der Waals surface area contributed by atoms with Crippen LogP contribution < -0.4 is 10.5 Å². The van der Waals surface area contributed by atoms with E-state index in [2.05, 4.69) is 0 Å². The summed E-state index contributed by atoms with van der Waals surface area (Å²) in [6, 6.07) is 7.35. The van der Waals surface area contributed by atoms with E-state index in [1.54, 1.807) is 17.0 Å². The van der Waals surface area contributed by atoms with Crippen LogP contribution in [-0.4, -0.2) is 35.0 Å². The van der Waals surface area contributed by atoms with Gasteiger partial charge in [-0.15, -0.1) is 0 Å². The van der Waals surface area contributed by atoms with Gasteiger partial charge in [-0.1, -0.05) is 24.4 Å². The molecule has 0 atom stereocenters. The van der Waals surface area contributed by atoms with Crippen LogP contribution in [0.1, 0.15) is 26.3 Å². The molecule has 0 aliphatic rings. The lowest BCUT2D eigenvalue weighted by molar-refractivity contribution is -0.134. The lowest BCUT2D eigenvalue weighted by atomic mass is 10.2. The predicted molar refractivity (Wildman–Crippen MR) is 80.3 cm³/mol. The van der Waals surface area contributed by atoms with E-state index < -0.39 is 0 Å². The third-order valence-electron chi connectivity index (χ3n) is 2.79. The summed E-state index contributed by atoms with van der Waals surface area (Å²) in [6.45, 7) is 6.55. The molecular formula is C14H20N2O2S. The summed E-state index contributed by atoms with van der Waals surface area (Å²) >= 11 is 4.95. The Bertz CT molecular complexity index is 461. The molecule has 0 bridgehead atoms. The summed E-state index contributed by atoms with van der Waals surface area (Å²) < 4.78 is 5.53. The second-order valence-electron chi connectivity index (χ2n) is 4.42. The van der Waals surface area contributed by atoms with Crippen LogP contribution in [0.2, 0.25) is 0 Å². The van der Waals surface area contributed by atoms with Crippen LogP contribution in [0.15, 0.2) is 24.3 Å². The largest absolute Gasteiger partial charge is 0.483 e. The van der Waals surface area contributed by atoms with Gasteiger partial charge in [0.15, 0.2) is 6.61 Å². The number of ether oxygens (including phenoxy) is 1. The maximum Gasteiger partial charge on any atom is 0.260 e. The molecule has 1 amide bonds. The molecule has 0 radical (unpaired) electrons. The number of nitrogens with two attached hydrogens (primary N) is 1. The van der Waals surface area contributed by atoms with Crippen molar-refractivity contribution in [2.24, 2.45) is 5.73 Å². The number of hydrogen-bond donors (Lipinski definition) is 1. The zero-order chi connectivity index (χ0) is 14.4. The van der Waals surface area contributed by atoms with Gasteiger partial charge in [0.05, 0.1) is 5.56 Å². The van der Waals surface area contributed by atoms with E-state index >= 15 is 0 Å². The van der Waals surface area contributed by atoms with Gasteiger partial charge < -0.3 is 15.4 Å². The molecule has 0 saturated heterocycles. The van der Waals surface area contributed by atoms with E-state index in [0.717, 1.165) is 0 Å². The Labute approximate surface area is 119 Å². The molecule has 0 aromatic heterocycles. The lowest BCUT2D eigenvalue weighted by Gasteiger charge is -2.25. The summed E-state index contributed by atoms with van der Waals surface area (Å²) in [4.78, 5) is 14.0. The van der Waals surface area contributed by atoms with Crippen molar-refractivity contribution in [3.05, 3.63) is 29.8 Å². The number of amides is 1. The fraction of sp³-hybridized carbons (Fsp3) is 0.429. The first-order valence-electron chi connectivity index (χ1n) is 6.28. The second kappa shape index (κ2) is 7.09. The molecule has 104 valence electrons. The first-order chi connectivity index (χ1) is 8.97. The normalized spacial score (nSPS) is 10.3. The number of hydrogen-bond acceptors (Lipinski definition) is 3. The molecule has 0 spiro atoms. The Hall–Kier alpha value is -1.62. The highest BCUT2D eigenvalue weighted by Crippen LogP contribution is 2.17. The summed E-state index contributed by atoms with van der Waals surface area (Å²) in [7, 11) is 0. The molecule has 0 aliphatic carbocycles. The smallest absolute Gasteiger partial charge is 0.260 e. The van der Waals surface area contributed by atoms with Crippen LogP contribution in [0.3, 0.4) is 0 Å². The Morgan fingerprint density at radius 3 is 2.58 bits per heavy atom. The average molecular weight is 280 g/mol. The van der Waals surface area contributed by atoms with Crippen molar-refractivity contribution in [1.82, 2.24) is 4.90 Å². The van der Waals surface area contributed by atoms with Gasteiger partial charge in [-0.05, 0) is 32.9 Å². The van der Waals surface area contributed by atoms with Gasteiger partial charge in [-0.2, -0.15) is 0 Å². The number of rotatable bonds is 6. The van der Waals surface area contributed by atoms with Gasteiger partial charge in [0.1, 0.15) is 10.7 Å². The quantitative estimate of drug-likeness (QED) is 0.809. The van der Waals surface area contributed by atoms with Crippen molar-refractivity contribution < 1.29 is 9.53 Å². The van der Waals surface area contributed by atoms with E-state index in [9.17, 15) is 4.79 Å². The number of carbonyl (C=O) groups is 1. The minimum absolute atomic E-state index is 0.00829. The topological polar surface area (TPSA) is 55.6 Å². The van der Waals surface area contributed by atoms with Crippen molar-refractivity contribution in [2.75, 3.05) is 13.2 Å². The molecular weight excluding hydrogens is 260 g/mol. The second-order valence-corrected chi connectivity index (χ2v) is 4.86. The van der Waals surface area contributed by atoms with Crippen LogP contribution >= 0.6 is 12.2 Å². The number of likely N-dealkylation sites (N-methyl/N-ethyl adjacent to an activating group) is 1. The van der Waals surface area contributed by atoms with Crippen molar-refractivity contribution in [3.63, 3.8) is 0 Å². The number of benzene rings is 1. The van der Waals surface area contributed by atoms with Gasteiger partial charge in [0.2, 0.25) is 0 Å². The molecule has 0 aliphatic heterocycles. The van der Waals surface area contributed by atoms with Crippen LogP contribution in [0, 0.1) is 0 Å². The Kier molecular flexibility index (Phi) is 5.76. The number of nitrogens with zero attached hydrogens (tertiary/aromatic N) is 1. The molecule has 4 nitrogen and oxygen atoms in total. The van der Waals surface area contributed by atoms with Gasteiger partial charge in [-0.25, -0.2) is 0 Å². The van der Waals surface area contributed by atoms with Crippen LogP contribution in [-0.2, 0) is 4.79 Å². The first kappa shape index (κ1) is 15.4. The third-order valence-corrected chi connectivity index (χ3v) is 3.01. The van der Waals surface area contributed by atoms with Gasteiger partial charge in [-0.3, -0.25) is 4.79 Å². The predicted octanol–water partition coefficient (Wildman–Crippen LogP) is 1.96. The minimum atomic E-state index is -0.0461.